The molecule has 0 amide bonds. The van der Waals surface area contributed by atoms with Gasteiger partial charge in [0.25, 0.3) is 0 Å². The zero-order chi connectivity index (χ0) is 51.3. The number of para-hydroxylation sites is 1. The Morgan fingerprint density at radius 2 is 1.69 bits per heavy atom. The number of aliphatic hydroxyl groups is 1. The first-order chi connectivity index (χ1) is 32.9. The highest BCUT2D eigenvalue weighted by atomic mass is 35.7. The van der Waals surface area contributed by atoms with Crippen molar-refractivity contribution < 1.29 is 52.1 Å². The van der Waals surface area contributed by atoms with Crippen molar-refractivity contribution in [1.82, 2.24) is 44.9 Å². The second kappa shape index (κ2) is 30.8. The topological polar surface area (TPSA) is 371 Å². The summed E-state index contributed by atoms with van der Waals surface area (Å²) in [7, 11) is 0.506. The van der Waals surface area contributed by atoms with Crippen LogP contribution in [0.25, 0.3) is 10.9 Å². The average Bonchev–Trinajstić information content (AvgIpc) is 4.09. The van der Waals surface area contributed by atoms with E-state index >= 15 is 0 Å². The zero-order valence-electron chi connectivity index (χ0n) is 40.6. The number of carbonyl (C=O) groups is 1. The Labute approximate surface area is 411 Å². The Kier molecular flexibility index (Phi) is 27.0. The van der Waals surface area contributed by atoms with E-state index in [0.29, 0.717) is 30.9 Å². The number of benzene rings is 1. The molecule has 29 heteroatoms. The van der Waals surface area contributed by atoms with Crippen LogP contribution in [0.5, 0.6) is 0 Å². The summed E-state index contributed by atoms with van der Waals surface area (Å²) in [5.74, 6) is -0.382. The zero-order valence-corrected chi connectivity index (χ0v) is 43.2. The maximum absolute atomic E-state index is 12.5. The summed E-state index contributed by atoms with van der Waals surface area (Å²) in [4.78, 5) is 64.8. The van der Waals surface area contributed by atoms with Gasteiger partial charge in [0.15, 0.2) is 30.9 Å². The monoisotopic (exact) mass is 1050 g/mol. The number of ether oxygens (including phenoxy) is 5. The Bertz CT molecular complexity index is 2430. The molecule has 6 rings (SSSR count). The SMILES string of the molecule is CC(C)N(C(C)C)P(Cl)OCCC#N.CN.CN(C)C=Nc1ccn([C@@H]2COC(CO)O2)c(=O)n1.COC(=O)[C@H](Cc1c[nH]c2ccccc12)NP(=O)([O-])OCC1OC[C@@H](n2ccc(N)nc2=O)O1.[NH4+]. The fourth-order valence-corrected chi connectivity index (χ4v) is 9.63. The molecule has 7 atom stereocenters. The van der Waals surface area contributed by atoms with Crippen molar-refractivity contribution in [2.45, 2.75) is 83.7 Å². The maximum atomic E-state index is 12.5. The molecule has 0 spiro atoms. The number of hydrogen-bond acceptors (Lipinski definition) is 20. The molecule has 26 nitrogen and oxygen atoms in total. The molecule has 70 heavy (non-hydrogen) atoms. The van der Waals surface area contributed by atoms with Gasteiger partial charge in [-0.3, -0.25) is 18.5 Å². The summed E-state index contributed by atoms with van der Waals surface area (Å²) in [6.45, 7) is 8.20. The van der Waals surface area contributed by atoms with Gasteiger partial charge in [-0.1, -0.05) is 18.2 Å². The normalized spacial score (nSPS) is 19.2. The van der Waals surface area contributed by atoms with Crippen molar-refractivity contribution in [2.24, 2.45) is 10.7 Å². The molecule has 3 aromatic heterocycles. The van der Waals surface area contributed by atoms with Crippen LogP contribution >= 0.6 is 26.6 Å². The molecule has 0 saturated carbocycles. The molecule has 2 aliphatic heterocycles. The smallest absolute Gasteiger partial charge is 0.351 e. The van der Waals surface area contributed by atoms with E-state index in [-0.39, 0.29) is 38.2 Å². The average molecular weight is 1050 g/mol. The van der Waals surface area contributed by atoms with Gasteiger partial charge < -0.3 is 70.2 Å². The van der Waals surface area contributed by atoms with E-state index in [4.69, 9.17) is 60.1 Å². The van der Waals surface area contributed by atoms with Crippen LogP contribution in [0.1, 0.15) is 52.1 Å². The van der Waals surface area contributed by atoms with Gasteiger partial charge in [0.05, 0.1) is 52.4 Å². The number of carbonyl (C=O) groups excluding carboxylic acids is 1. The molecular weight excluding hydrogens is 980 g/mol. The third-order valence-electron chi connectivity index (χ3n) is 9.26. The summed E-state index contributed by atoms with van der Waals surface area (Å²) in [6, 6.07) is 12.0. The molecule has 0 radical (unpaired) electrons. The minimum absolute atomic E-state index is 0. The minimum atomic E-state index is -4.72. The van der Waals surface area contributed by atoms with Crippen molar-refractivity contribution in [3.63, 3.8) is 0 Å². The van der Waals surface area contributed by atoms with Gasteiger partial charge in [0.1, 0.15) is 18.5 Å². The van der Waals surface area contributed by atoms with Gasteiger partial charge in [-0.25, -0.2) is 24.3 Å². The van der Waals surface area contributed by atoms with Crippen molar-refractivity contribution in [2.75, 3.05) is 67.0 Å². The highest BCUT2D eigenvalue weighted by Gasteiger charge is 2.32. The maximum Gasteiger partial charge on any atom is 0.351 e. The number of hydrogen-bond donors (Lipinski definition) is 6. The molecule has 0 aliphatic carbocycles. The highest BCUT2D eigenvalue weighted by molar-refractivity contribution is 7.78. The number of anilines is 1. The molecule has 11 N–H and O–H groups in total. The minimum Gasteiger partial charge on any atom is -0.766 e. The number of halogens is 1. The lowest BCUT2D eigenvalue weighted by Gasteiger charge is -2.32. The molecule has 5 heterocycles. The second-order valence-electron chi connectivity index (χ2n) is 15.2. The van der Waals surface area contributed by atoms with Gasteiger partial charge in [0.2, 0.25) is 15.4 Å². The van der Waals surface area contributed by atoms with Crippen molar-refractivity contribution in [3.8, 4) is 6.07 Å². The van der Waals surface area contributed by atoms with Crippen LogP contribution in [-0.4, -0.2) is 143 Å². The van der Waals surface area contributed by atoms with Crippen LogP contribution in [0.4, 0.5) is 11.6 Å². The molecule has 4 aromatic rings. The van der Waals surface area contributed by atoms with E-state index in [1.54, 1.807) is 29.7 Å². The number of nitrogen functional groups attached to an aromatic ring is 1. The Morgan fingerprint density at radius 1 is 1.09 bits per heavy atom. The number of methoxy groups -OCH3 is 1. The largest absolute Gasteiger partial charge is 0.766 e. The van der Waals surface area contributed by atoms with Crippen LogP contribution in [0, 0.1) is 11.3 Å². The number of aromatic nitrogens is 5. The summed E-state index contributed by atoms with van der Waals surface area (Å²) < 4.78 is 53.6. The lowest BCUT2D eigenvalue weighted by atomic mass is 10.1. The first-order valence-electron chi connectivity index (χ1n) is 21.3. The Morgan fingerprint density at radius 3 is 2.24 bits per heavy atom. The van der Waals surface area contributed by atoms with Crippen LogP contribution in [0.2, 0.25) is 0 Å². The third kappa shape index (κ3) is 19.4. The van der Waals surface area contributed by atoms with Crippen molar-refractivity contribution in [1.29, 1.82) is 5.26 Å². The molecule has 2 saturated heterocycles. The molecule has 0 bridgehead atoms. The highest BCUT2D eigenvalue weighted by Crippen LogP contribution is 2.49. The number of nitrogens with zero attached hydrogens (tertiary/aromatic N) is 8. The number of aliphatic imine (C=N–C) groups is 1. The summed E-state index contributed by atoms with van der Waals surface area (Å²) in [5, 5.41) is 20.3. The number of nitriles is 1. The molecule has 390 valence electrons. The van der Waals surface area contributed by atoms with Gasteiger partial charge >= 0.3 is 17.3 Å². The van der Waals surface area contributed by atoms with E-state index in [9.17, 15) is 23.8 Å². The first kappa shape index (κ1) is 61.3. The van der Waals surface area contributed by atoms with E-state index < -0.39 is 70.4 Å². The van der Waals surface area contributed by atoms with Gasteiger partial charge in [-0.05, 0) is 69.7 Å². The van der Waals surface area contributed by atoms with Gasteiger partial charge in [0, 0.05) is 62.1 Å². The molecular formula is C41H66ClN13O13P2. The number of esters is 1. The number of nitrogens with one attached hydrogen (secondary N) is 2. The van der Waals surface area contributed by atoms with Crippen LogP contribution < -0.4 is 39.0 Å². The van der Waals surface area contributed by atoms with E-state index in [1.807, 2.05) is 44.4 Å². The first-order valence-corrected chi connectivity index (χ1v) is 25.0. The predicted molar refractivity (Wildman–Crippen MR) is 262 cm³/mol. The fourth-order valence-electron chi connectivity index (χ4n) is 6.30. The van der Waals surface area contributed by atoms with Crippen molar-refractivity contribution in [3.05, 3.63) is 81.5 Å². The standard InChI is InChI=1S/C20H24N5O8P.C11H16N4O4.C9H18ClN2OP.CH5N.H3N/c1-30-19(26)15(8-12-9-22-14-5-3-2-4-13(12)14)24-34(28,29)32-11-18-31-10-17(33-18)25-7-6-16(21)23-20(25)27;1-14(2)7-12-8-3-4-15(11(17)13-8)9-6-18-10(5-16)19-9;1-8(2)12(9(3)4)14(10)13-7-5-6-11;1-2;/h2-7,9,15,17-18,22H,8,10-11H2,1H3,(H2,21,23,27)(H2,24,28,29);3-4,7,9-10,16H,5-6H2,1-2H3;8-9H,5,7H2,1-4H3;2H2,1H3;1H3/t15-,17-,18?;9-,10?;;;/m00.../s1. The summed E-state index contributed by atoms with van der Waals surface area (Å²) >= 11 is 6.13. The number of aliphatic hydroxyl groups excluding tert-OH is 1. The van der Waals surface area contributed by atoms with Crippen molar-refractivity contribution >= 4 is 61.5 Å². The Hall–Kier alpha value is -4.78. The Balaban J connectivity index is 0.000000394. The second-order valence-corrected chi connectivity index (χ2v) is 18.8. The lowest BCUT2D eigenvalue weighted by molar-refractivity contribution is -0.210. The van der Waals surface area contributed by atoms with Gasteiger partial charge in [-0.15, -0.1) is 0 Å². The van der Waals surface area contributed by atoms with Crippen LogP contribution in [-0.2, 0) is 48.5 Å². The predicted octanol–water partition coefficient (Wildman–Crippen LogP) is 2.82. The number of quaternary nitrogens is 1. The number of H-pyrrole nitrogens is 1. The van der Waals surface area contributed by atoms with Crippen LogP contribution in [0.3, 0.4) is 0 Å². The summed E-state index contributed by atoms with van der Waals surface area (Å²) in [5.41, 5.74) is 10.4. The quantitative estimate of drug-likeness (QED) is 0.0258. The number of rotatable bonds is 19. The van der Waals surface area contributed by atoms with E-state index in [1.165, 1.54) is 28.4 Å². The lowest BCUT2D eigenvalue weighted by Crippen LogP contribution is -2.41. The third-order valence-corrected chi connectivity index (χ3v) is 12.9. The number of aromatic amines is 1. The molecule has 2 fully saturated rings. The number of fused-ring (bicyclic) bond motifs is 1. The molecule has 4 unspecified atom stereocenters. The fraction of sp³-hybridized carbons (Fsp3) is 0.537. The van der Waals surface area contributed by atoms with E-state index in [2.05, 4.69) is 63.1 Å². The number of nitrogens with two attached hydrogens (primary N) is 2. The summed E-state index contributed by atoms with van der Waals surface area (Å²) in [6.07, 6.45) is 3.50. The molecule has 1 aromatic carbocycles. The van der Waals surface area contributed by atoms with E-state index in [0.717, 1.165) is 23.6 Å². The molecule has 2 aliphatic rings. The van der Waals surface area contributed by atoms with Crippen LogP contribution in [0.15, 0.2) is 69.6 Å². The van der Waals surface area contributed by atoms with Gasteiger partial charge in [-0.2, -0.15) is 15.2 Å².